The molecule has 1 aromatic heterocycles. The predicted octanol–water partition coefficient (Wildman–Crippen LogP) is 2.73. The summed E-state index contributed by atoms with van der Waals surface area (Å²) < 4.78 is 15.4. The molecular weight excluding hydrogens is 269 g/mol. The van der Waals surface area contributed by atoms with Crippen molar-refractivity contribution in [3.8, 4) is 0 Å². The van der Waals surface area contributed by atoms with Crippen LogP contribution in [0.25, 0.3) is 0 Å². The number of nitrogens with zero attached hydrogens (tertiary/aromatic N) is 2. The molecule has 108 valence electrons. The van der Waals surface area contributed by atoms with Gasteiger partial charge in [-0.15, -0.1) is 0 Å². The maximum atomic E-state index is 13.8. The van der Waals surface area contributed by atoms with Crippen LogP contribution < -0.4 is 5.32 Å². The van der Waals surface area contributed by atoms with E-state index in [4.69, 9.17) is 0 Å². The van der Waals surface area contributed by atoms with Gasteiger partial charge in [-0.3, -0.25) is 4.79 Å². The van der Waals surface area contributed by atoms with E-state index < -0.39 is 0 Å². The van der Waals surface area contributed by atoms with E-state index in [1.165, 1.54) is 6.07 Å². The van der Waals surface area contributed by atoms with Gasteiger partial charge in [-0.1, -0.05) is 18.2 Å². The first-order valence-electron chi connectivity index (χ1n) is 7.17. The third kappa shape index (κ3) is 1.95. The van der Waals surface area contributed by atoms with Crippen LogP contribution in [0.4, 0.5) is 10.2 Å². The molecule has 2 aliphatic carbocycles. The summed E-state index contributed by atoms with van der Waals surface area (Å²) in [6, 6.07) is 6.62. The Labute approximate surface area is 122 Å². The lowest BCUT2D eigenvalue weighted by Gasteiger charge is -2.12. The Morgan fingerprint density at radius 2 is 2.19 bits per heavy atom. The van der Waals surface area contributed by atoms with Crippen LogP contribution in [-0.2, 0) is 11.3 Å². The maximum absolute atomic E-state index is 13.8. The Bertz CT molecular complexity index is 731. The molecule has 0 radical (unpaired) electrons. The third-order valence-electron chi connectivity index (χ3n) is 4.67. The van der Waals surface area contributed by atoms with Crippen molar-refractivity contribution in [3.63, 3.8) is 0 Å². The molecule has 0 bridgehead atoms. The number of rotatable bonds is 4. The van der Waals surface area contributed by atoms with Crippen LogP contribution in [0, 0.1) is 24.1 Å². The van der Waals surface area contributed by atoms with Crippen molar-refractivity contribution in [2.24, 2.45) is 11.3 Å². The molecule has 0 spiro atoms. The molecule has 4 nitrogen and oxygen atoms in total. The van der Waals surface area contributed by atoms with Gasteiger partial charge in [0.15, 0.2) is 0 Å². The number of carbonyl (C=O) groups excluding carboxylic acids is 1. The zero-order valence-electron chi connectivity index (χ0n) is 11.8. The smallest absolute Gasteiger partial charge is 0.232 e. The van der Waals surface area contributed by atoms with Crippen molar-refractivity contribution >= 4 is 11.7 Å². The van der Waals surface area contributed by atoms with Crippen LogP contribution in [-0.4, -0.2) is 15.7 Å². The number of benzene rings is 1. The van der Waals surface area contributed by atoms with Crippen LogP contribution >= 0.6 is 0 Å². The molecule has 2 aromatic rings. The molecule has 1 amide bonds. The Morgan fingerprint density at radius 1 is 1.48 bits per heavy atom. The summed E-state index contributed by atoms with van der Waals surface area (Å²) in [6.45, 7) is 2.21. The highest BCUT2D eigenvalue weighted by Crippen LogP contribution is 2.75. The number of anilines is 1. The summed E-state index contributed by atoms with van der Waals surface area (Å²) in [5.41, 5.74) is 1.37. The molecule has 1 N–H and O–H groups in total. The first-order chi connectivity index (χ1) is 10.1. The molecule has 1 heterocycles. The SMILES string of the molecule is Cc1cnn(Cc2ccccc2F)c1NC(=O)C12CC1C2. The lowest BCUT2D eigenvalue weighted by Crippen LogP contribution is -2.21. The van der Waals surface area contributed by atoms with Crippen molar-refractivity contribution < 1.29 is 9.18 Å². The predicted molar refractivity (Wildman–Crippen MR) is 76.3 cm³/mol. The van der Waals surface area contributed by atoms with Gasteiger partial charge in [-0.05, 0) is 31.7 Å². The summed E-state index contributed by atoms with van der Waals surface area (Å²) in [5.74, 6) is 1.10. The van der Waals surface area contributed by atoms with Gasteiger partial charge in [-0.25, -0.2) is 9.07 Å². The number of aryl methyl sites for hydroxylation is 1. The number of carbonyl (C=O) groups is 1. The lowest BCUT2D eigenvalue weighted by molar-refractivity contribution is -0.119. The summed E-state index contributed by atoms with van der Waals surface area (Å²) in [4.78, 5) is 12.2. The minimum absolute atomic E-state index is 0.0838. The molecule has 0 aliphatic heterocycles. The first-order valence-corrected chi connectivity index (χ1v) is 7.17. The highest BCUT2D eigenvalue weighted by molar-refractivity contribution is 6.00. The average molecular weight is 285 g/mol. The Balaban J connectivity index is 1.58. The Morgan fingerprint density at radius 3 is 2.86 bits per heavy atom. The van der Waals surface area contributed by atoms with Gasteiger partial charge >= 0.3 is 0 Å². The lowest BCUT2D eigenvalue weighted by atomic mass is 10.2. The molecule has 5 heteroatoms. The van der Waals surface area contributed by atoms with Crippen LogP contribution in [0.15, 0.2) is 30.5 Å². The second-order valence-electron chi connectivity index (χ2n) is 6.14. The van der Waals surface area contributed by atoms with Crippen molar-refractivity contribution in [2.75, 3.05) is 5.32 Å². The summed E-state index contributed by atoms with van der Waals surface area (Å²) in [6.07, 6.45) is 3.73. The molecule has 2 saturated carbocycles. The van der Waals surface area contributed by atoms with Gasteiger partial charge in [0.05, 0.1) is 18.2 Å². The van der Waals surface area contributed by atoms with Gasteiger partial charge in [0.2, 0.25) is 5.91 Å². The van der Waals surface area contributed by atoms with E-state index in [0.717, 1.165) is 18.4 Å². The molecule has 2 fully saturated rings. The number of hydrogen-bond acceptors (Lipinski definition) is 2. The van der Waals surface area contributed by atoms with Crippen LogP contribution in [0.2, 0.25) is 0 Å². The monoisotopic (exact) mass is 285 g/mol. The van der Waals surface area contributed by atoms with Crippen molar-refractivity contribution in [3.05, 3.63) is 47.4 Å². The number of halogens is 1. The minimum atomic E-state index is -0.258. The molecule has 0 unspecified atom stereocenters. The fraction of sp³-hybridized carbons (Fsp3) is 0.375. The van der Waals surface area contributed by atoms with Gasteiger partial charge < -0.3 is 5.32 Å². The van der Waals surface area contributed by atoms with Gasteiger partial charge in [0.1, 0.15) is 11.6 Å². The van der Waals surface area contributed by atoms with Crippen molar-refractivity contribution in [1.82, 2.24) is 9.78 Å². The second kappa shape index (κ2) is 4.16. The van der Waals surface area contributed by atoms with E-state index in [1.807, 2.05) is 6.92 Å². The van der Waals surface area contributed by atoms with Crippen molar-refractivity contribution in [1.29, 1.82) is 0 Å². The van der Waals surface area contributed by atoms with Gasteiger partial charge in [0, 0.05) is 11.1 Å². The van der Waals surface area contributed by atoms with E-state index in [2.05, 4.69) is 10.4 Å². The van der Waals surface area contributed by atoms with Gasteiger partial charge in [-0.2, -0.15) is 5.10 Å². The van der Waals surface area contributed by atoms with Gasteiger partial charge in [0.25, 0.3) is 0 Å². The van der Waals surface area contributed by atoms with E-state index >= 15 is 0 Å². The quantitative estimate of drug-likeness (QED) is 0.939. The Kier molecular flexibility index (Phi) is 2.49. The molecule has 21 heavy (non-hydrogen) atoms. The molecule has 0 atom stereocenters. The number of hydrogen-bond donors (Lipinski definition) is 1. The Hall–Kier alpha value is -2.17. The molecule has 4 rings (SSSR count). The molecule has 0 saturated heterocycles. The zero-order valence-corrected chi connectivity index (χ0v) is 11.8. The third-order valence-corrected chi connectivity index (χ3v) is 4.67. The second-order valence-corrected chi connectivity index (χ2v) is 6.14. The minimum Gasteiger partial charge on any atom is -0.310 e. The van der Waals surface area contributed by atoms with Crippen LogP contribution in [0.1, 0.15) is 24.0 Å². The number of aromatic nitrogens is 2. The maximum Gasteiger partial charge on any atom is 0.232 e. The van der Waals surface area contributed by atoms with Crippen molar-refractivity contribution in [2.45, 2.75) is 26.3 Å². The fourth-order valence-corrected chi connectivity index (χ4v) is 2.85. The number of fused-ring (bicyclic) bond motifs is 1. The standard InChI is InChI=1S/C16H16FN3O/c1-10-8-18-20(9-11-4-2-3-5-13(11)17)14(10)19-15(21)16-6-12(16)7-16/h2-5,8,12H,6-7,9H2,1H3,(H,19,21). The highest BCUT2D eigenvalue weighted by atomic mass is 19.1. The van der Waals surface area contributed by atoms with E-state index in [-0.39, 0.29) is 17.1 Å². The molecule has 1 aromatic carbocycles. The first kappa shape index (κ1) is 12.6. The van der Waals surface area contributed by atoms with E-state index in [0.29, 0.717) is 23.8 Å². The largest absolute Gasteiger partial charge is 0.310 e. The molecule has 2 aliphatic rings. The molecular formula is C16H16FN3O. The summed E-state index contributed by atoms with van der Waals surface area (Å²) in [5, 5.41) is 7.24. The normalized spacial score (nSPS) is 25.3. The van der Waals surface area contributed by atoms with E-state index in [9.17, 15) is 9.18 Å². The number of nitrogens with one attached hydrogen (secondary N) is 1. The zero-order chi connectivity index (χ0) is 14.6. The topological polar surface area (TPSA) is 46.9 Å². The average Bonchev–Trinajstić information content (AvgIpc) is 3.29. The van der Waals surface area contributed by atoms with E-state index in [1.54, 1.807) is 29.1 Å². The summed E-state index contributed by atoms with van der Waals surface area (Å²) >= 11 is 0. The van der Waals surface area contributed by atoms with Crippen LogP contribution in [0.5, 0.6) is 0 Å². The highest BCUT2D eigenvalue weighted by Gasteiger charge is 2.74. The summed E-state index contributed by atoms with van der Waals surface area (Å²) in [7, 11) is 0. The van der Waals surface area contributed by atoms with Crippen LogP contribution in [0.3, 0.4) is 0 Å². The fourth-order valence-electron chi connectivity index (χ4n) is 2.85. The number of amides is 1.